The van der Waals surface area contributed by atoms with Crippen molar-refractivity contribution in [3.63, 3.8) is 0 Å². The fourth-order valence-electron chi connectivity index (χ4n) is 5.03. The number of esters is 4. The van der Waals surface area contributed by atoms with Gasteiger partial charge in [-0.2, -0.15) is 17.2 Å². The first-order valence-corrected chi connectivity index (χ1v) is 13.1. The van der Waals surface area contributed by atoms with Gasteiger partial charge in [0.15, 0.2) is 25.1 Å². The number of hydrogen-bond acceptors (Lipinski definition) is 12. The van der Waals surface area contributed by atoms with Crippen LogP contribution in [0.2, 0.25) is 0 Å². The van der Waals surface area contributed by atoms with Crippen LogP contribution in [0.3, 0.4) is 0 Å². The summed E-state index contributed by atoms with van der Waals surface area (Å²) in [4.78, 5) is 49.2. The molecule has 1 aliphatic carbocycles. The van der Waals surface area contributed by atoms with E-state index in [2.05, 4.69) is 4.74 Å². The zero-order valence-electron chi connectivity index (χ0n) is 19.6. The summed E-state index contributed by atoms with van der Waals surface area (Å²) in [5.41, 5.74) is 0. The summed E-state index contributed by atoms with van der Waals surface area (Å²) in [6, 6.07) is 0. The van der Waals surface area contributed by atoms with Crippen molar-refractivity contribution < 1.29 is 69.4 Å². The molecule has 7 unspecified atom stereocenters. The van der Waals surface area contributed by atoms with E-state index in [9.17, 15) is 36.4 Å². The van der Waals surface area contributed by atoms with Gasteiger partial charge in [0.1, 0.15) is 24.0 Å². The van der Waals surface area contributed by atoms with Gasteiger partial charge in [-0.25, -0.2) is 0 Å². The number of carbonyl (C=O) groups excluding carboxylic acids is 4. The van der Waals surface area contributed by atoms with Gasteiger partial charge in [0.25, 0.3) is 0 Å². The van der Waals surface area contributed by atoms with Crippen molar-refractivity contribution in [3.8, 4) is 0 Å². The summed E-state index contributed by atoms with van der Waals surface area (Å²) < 4.78 is 88.2. The lowest BCUT2D eigenvalue weighted by Crippen LogP contribution is -2.48. The minimum atomic E-state index is -5.83. The maximum atomic E-state index is 13.5. The highest BCUT2D eigenvalue weighted by molar-refractivity contribution is 7.86. The molecule has 13 nitrogen and oxygen atoms in total. The molecule has 0 aromatic heterocycles. The first-order chi connectivity index (χ1) is 17.3. The standard InChI is InChI=1S/C21H26F2O13S/c1-9(21(22,23)37(28,29)30)33-11(24)6-7-12(25)34-17-15-13(14-16(35-15)18(17)36-20(14)27)19(26)32-8-31-10-4-2-3-5-10/h9-10,13-18H,2-8H2,1H3,(H,28,29,30). The highest BCUT2D eigenvalue weighted by Gasteiger charge is 2.72. The molecule has 3 heterocycles. The Morgan fingerprint density at radius 2 is 1.76 bits per heavy atom. The van der Waals surface area contributed by atoms with Crippen LogP contribution in [-0.4, -0.2) is 85.5 Å². The van der Waals surface area contributed by atoms with E-state index in [1.54, 1.807) is 0 Å². The molecular weight excluding hydrogens is 530 g/mol. The smallest absolute Gasteiger partial charge is 0.405 e. The largest absolute Gasteiger partial charge is 0.455 e. The van der Waals surface area contributed by atoms with Crippen LogP contribution in [-0.2, 0) is 57.7 Å². The minimum Gasteiger partial charge on any atom is -0.455 e. The fourth-order valence-corrected chi connectivity index (χ4v) is 5.50. The Hall–Kier alpha value is -2.43. The number of ether oxygens (including phenoxy) is 6. The van der Waals surface area contributed by atoms with Crippen molar-refractivity contribution in [3.05, 3.63) is 0 Å². The summed E-state index contributed by atoms with van der Waals surface area (Å²) >= 11 is 0. The molecule has 0 radical (unpaired) electrons. The van der Waals surface area contributed by atoms with Gasteiger partial charge in [-0.15, -0.1) is 0 Å². The maximum Gasteiger partial charge on any atom is 0.405 e. The van der Waals surface area contributed by atoms with Crippen LogP contribution in [0.1, 0.15) is 45.4 Å². The summed E-state index contributed by atoms with van der Waals surface area (Å²) in [5, 5.41) is -4.75. The van der Waals surface area contributed by atoms with E-state index in [4.69, 9.17) is 28.2 Å². The molecule has 37 heavy (non-hydrogen) atoms. The zero-order valence-corrected chi connectivity index (χ0v) is 20.4. The summed E-state index contributed by atoms with van der Waals surface area (Å²) in [6.07, 6.45) is -4.21. The lowest BCUT2D eigenvalue weighted by Gasteiger charge is -2.27. The Balaban J connectivity index is 1.29. The molecule has 2 bridgehead atoms. The van der Waals surface area contributed by atoms with Crippen LogP contribution in [0, 0.1) is 11.8 Å². The van der Waals surface area contributed by atoms with Crippen molar-refractivity contribution >= 4 is 34.0 Å². The van der Waals surface area contributed by atoms with Crippen molar-refractivity contribution in [2.24, 2.45) is 11.8 Å². The average Bonchev–Trinajstić information content (AvgIpc) is 3.56. The average molecular weight is 556 g/mol. The molecule has 4 fully saturated rings. The van der Waals surface area contributed by atoms with Crippen molar-refractivity contribution in [1.29, 1.82) is 0 Å². The topological polar surface area (TPSA) is 178 Å². The Morgan fingerprint density at radius 3 is 2.41 bits per heavy atom. The zero-order chi connectivity index (χ0) is 27.1. The second-order valence-electron chi connectivity index (χ2n) is 9.30. The van der Waals surface area contributed by atoms with E-state index in [1.807, 2.05) is 0 Å². The number of rotatable bonds is 11. The molecule has 16 heteroatoms. The lowest BCUT2D eigenvalue weighted by molar-refractivity contribution is -0.173. The number of hydrogen-bond donors (Lipinski definition) is 1. The first-order valence-electron chi connectivity index (χ1n) is 11.7. The van der Waals surface area contributed by atoms with Crippen molar-refractivity contribution in [2.75, 3.05) is 6.79 Å². The molecule has 0 aromatic carbocycles. The Labute approximate surface area is 209 Å². The van der Waals surface area contributed by atoms with Crippen molar-refractivity contribution in [1.82, 2.24) is 0 Å². The first kappa shape index (κ1) is 27.6. The maximum absolute atomic E-state index is 13.5. The molecule has 3 aliphatic heterocycles. The molecule has 3 saturated heterocycles. The predicted molar refractivity (Wildman–Crippen MR) is 111 cm³/mol. The normalized spacial score (nSPS) is 31.7. The fraction of sp³-hybridized carbons (Fsp3) is 0.810. The van der Waals surface area contributed by atoms with Gasteiger partial charge in [-0.3, -0.25) is 23.7 Å². The molecule has 1 saturated carbocycles. The Morgan fingerprint density at radius 1 is 1.11 bits per heavy atom. The van der Waals surface area contributed by atoms with Crippen LogP contribution in [0.15, 0.2) is 0 Å². The molecule has 0 spiro atoms. The van der Waals surface area contributed by atoms with Crippen LogP contribution in [0.25, 0.3) is 0 Å². The SMILES string of the molecule is CC(OC(=O)CCC(=O)OC1C2OC(=O)C3C2OC1C3C(=O)OCOC1CCCC1)C(F)(F)S(=O)(=O)O. The van der Waals surface area contributed by atoms with Gasteiger partial charge in [0, 0.05) is 0 Å². The van der Waals surface area contributed by atoms with Crippen LogP contribution < -0.4 is 0 Å². The highest BCUT2D eigenvalue weighted by Crippen LogP contribution is 2.51. The predicted octanol–water partition coefficient (Wildman–Crippen LogP) is 0.489. The van der Waals surface area contributed by atoms with E-state index < -0.39 is 94.4 Å². The highest BCUT2D eigenvalue weighted by atomic mass is 32.2. The number of halogens is 2. The van der Waals surface area contributed by atoms with E-state index in [0.717, 1.165) is 25.7 Å². The van der Waals surface area contributed by atoms with E-state index >= 15 is 0 Å². The summed E-state index contributed by atoms with van der Waals surface area (Å²) in [7, 11) is -5.83. The Kier molecular flexibility index (Phi) is 7.74. The van der Waals surface area contributed by atoms with E-state index in [1.165, 1.54) is 0 Å². The molecule has 0 aromatic rings. The summed E-state index contributed by atoms with van der Waals surface area (Å²) in [5.74, 6) is -5.87. The quantitative estimate of drug-likeness (QED) is 0.161. The third kappa shape index (κ3) is 5.42. The molecule has 1 N–H and O–H groups in total. The second kappa shape index (κ2) is 10.4. The third-order valence-electron chi connectivity index (χ3n) is 6.91. The molecule has 0 amide bonds. The van der Waals surface area contributed by atoms with Crippen LogP contribution >= 0.6 is 0 Å². The molecule has 7 atom stereocenters. The van der Waals surface area contributed by atoms with Gasteiger partial charge in [-0.1, -0.05) is 12.8 Å². The second-order valence-corrected chi connectivity index (χ2v) is 10.8. The van der Waals surface area contributed by atoms with Gasteiger partial charge in [0.05, 0.1) is 18.9 Å². The van der Waals surface area contributed by atoms with Crippen LogP contribution in [0.4, 0.5) is 8.78 Å². The van der Waals surface area contributed by atoms with Crippen LogP contribution in [0.5, 0.6) is 0 Å². The number of fused-ring (bicyclic) bond motifs is 1. The van der Waals surface area contributed by atoms with Crippen molar-refractivity contribution in [2.45, 2.75) is 87.3 Å². The van der Waals surface area contributed by atoms with Gasteiger partial charge >= 0.3 is 39.2 Å². The molecule has 4 rings (SSSR count). The molecular formula is C21H26F2O13S. The van der Waals surface area contributed by atoms with Gasteiger partial charge in [-0.05, 0) is 19.8 Å². The third-order valence-corrected chi connectivity index (χ3v) is 7.93. The van der Waals surface area contributed by atoms with E-state index in [0.29, 0.717) is 6.92 Å². The number of carbonyl (C=O) groups is 4. The molecule has 4 aliphatic rings. The van der Waals surface area contributed by atoms with E-state index in [-0.39, 0.29) is 12.9 Å². The monoisotopic (exact) mass is 556 g/mol. The minimum absolute atomic E-state index is 0.00689. The Bertz CT molecular complexity index is 1040. The molecule has 208 valence electrons. The van der Waals surface area contributed by atoms with Gasteiger partial charge < -0.3 is 28.4 Å². The lowest BCUT2D eigenvalue weighted by atomic mass is 9.78. The number of alkyl halides is 2. The summed E-state index contributed by atoms with van der Waals surface area (Å²) in [6.45, 7) is 0.254. The van der Waals surface area contributed by atoms with Gasteiger partial charge in [0.2, 0.25) is 0 Å².